The molecule has 0 aliphatic rings. The number of rotatable bonds is 0. The molecule has 2 heteroatoms. The van der Waals surface area contributed by atoms with Crippen LogP contribution in [0.3, 0.4) is 0 Å². The predicted octanol–water partition coefficient (Wildman–Crippen LogP) is 3.35. The van der Waals surface area contributed by atoms with Crippen LogP contribution in [0.1, 0.15) is 5.56 Å². The molecule has 11 heavy (non-hydrogen) atoms. The third-order valence-electron chi connectivity index (χ3n) is 1.68. The Balaban J connectivity index is 2.87. The van der Waals surface area contributed by atoms with Gasteiger partial charge in [-0.2, -0.15) is 0 Å². The van der Waals surface area contributed by atoms with Gasteiger partial charge in [-0.1, -0.05) is 11.6 Å². The molecule has 0 unspecified atom stereocenters. The van der Waals surface area contributed by atoms with Crippen LogP contribution in [0.25, 0.3) is 11.0 Å². The lowest BCUT2D eigenvalue weighted by Gasteiger charge is -1.90. The van der Waals surface area contributed by atoms with Gasteiger partial charge in [0.05, 0.1) is 3.57 Å². The average molecular weight is 258 g/mol. The summed E-state index contributed by atoms with van der Waals surface area (Å²) in [5.41, 5.74) is 2.25. The number of hydrogen-bond donors (Lipinski definition) is 0. The lowest BCUT2D eigenvalue weighted by atomic mass is 10.2. The van der Waals surface area contributed by atoms with Crippen molar-refractivity contribution in [1.82, 2.24) is 0 Å². The Bertz CT molecular complexity index is 389. The van der Waals surface area contributed by atoms with E-state index in [-0.39, 0.29) is 0 Å². The summed E-state index contributed by atoms with van der Waals surface area (Å²) in [6.07, 6.45) is 1.78. The average Bonchev–Trinajstić information content (AvgIpc) is 2.33. The first-order valence-corrected chi connectivity index (χ1v) is 4.48. The van der Waals surface area contributed by atoms with Crippen LogP contribution in [0, 0.1) is 10.5 Å². The van der Waals surface area contributed by atoms with E-state index in [1.54, 1.807) is 6.26 Å². The number of fused-ring (bicyclic) bond motifs is 1. The standard InChI is InChI=1S/C9H7IO/c1-6-2-3-9-7(4-6)8(10)5-11-9/h2-5H,1H3. The molecule has 0 saturated carbocycles. The van der Waals surface area contributed by atoms with Crippen molar-refractivity contribution in [1.29, 1.82) is 0 Å². The van der Waals surface area contributed by atoms with Gasteiger partial charge >= 0.3 is 0 Å². The van der Waals surface area contributed by atoms with Crippen LogP contribution in [0.4, 0.5) is 0 Å². The van der Waals surface area contributed by atoms with E-state index in [0.29, 0.717) is 0 Å². The Kier molecular flexibility index (Phi) is 1.64. The molecule has 0 atom stereocenters. The van der Waals surface area contributed by atoms with E-state index in [9.17, 15) is 0 Å². The fraction of sp³-hybridized carbons (Fsp3) is 0.111. The molecule has 1 aromatic heterocycles. The fourth-order valence-corrected chi connectivity index (χ4v) is 1.66. The maximum atomic E-state index is 5.30. The second kappa shape index (κ2) is 2.52. The first-order chi connectivity index (χ1) is 5.27. The van der Waals surface area contributed by atoms with E-state index >= 15 is 0 Å². The van der Waals surface area contributed by atoms with Gasteiger partial charge in [-0.3, -0.25) is 0 Å². The number of aryl methyl sites for hydroxylation is 1. The molecule has 1 aromatic carbocycles. The van der Waals surface area contributed by atoms with Gasteiger partial charge in [0, 0.05) is 5.39 Å². The Hall–Kier alpha value is -0.510. The molecule has 2 rings (SSSR count). The van der Waals surface area contributed by atoms with E-state index in [1.165, 1.54) is 14.5 Å². The highest BCUT2D eigenvalue weighted by atomic mass is 127. The normalized spacial score (nSPS) is 10.7. The monoisotopic (exact) mass is 258 g/mol. The SMILES string of the molecule is Cc1ccc2occ(I)c2c1. The number of halogens is 1. The molecule has 0 amide bonds. The molecule has 0 aliphatic carbocycles. The molecule has 2 aromatic rings. The fourth-order valence-electron chi connectivity index (χ4n) is 1.11. The summed E-state index contributed by atoms with van der Waals surface area (Å²) < 4.78 is 6.48. The molecule has 0 bridgehead atoms. The summed E-state index contributed by atoms with van der Waals surface area (Å²) in [7, 11) is 0. The molecule has 0 saturated heterocycles. The zero-order chi connectivity index (χ0) is 7.84. The smallest absolute Gasteiger partial charge is 0.134 e. The van der Waals surface area contributed by atoms with Crippen LogP contribution in [0.15, 0.2) is 28.9 Å². The van der Waals surface area contributed by atoms with Crippen molar-refractivity contribution in [3.63, 3.8) is 0 Å². The van der Waals surface area contributed by atoms with E-state index in [1.807, 2.05) is 6.07 Å². The van der Waals surface area contributed by atoms with Crippen molar-refractivity contribution in [3.8, 4) is 0 Å². The Morgan fingerprint density at radius 3 is 3.00 bits per heavy atom. The van der Waals surface area contributed by atoms with Crippen molar-refractivity contribution in [3.05, 3.63) is 33.6 Å². The van der Waals surface area contributed by atoms with Gasteiger partial charge in [-0.05, 0) is 41.6 Å². The highest BCUT2D eigenvalue weighted by Gasteiger charge is 2.01. The van der Waals surface area contributed by atoms with Crippen LogP contribution in [-0.4, -0.2) is 0 Å². The van der Waals surface area contributed by atoms with Crippen molar-refractivity contribution in [2.45, 2.75) is 6.92 Å². The Labute approximate surface area is 78.5 Å². The van der Waals surface area contributed by atoms with Crippen molar-refractivity contribution < 1.29 is 4.42 Å². The molecule has 0 radical (unpaired) electrons. The second-order valence-corrected chi connectivity index (χ2v) is 3.75. The van der Waals surface area contributed by atoms with Crippen LogP contribution < -0.4 is 0 Å². The Morgan fingerprint density at radius 2 is 2.18 bits per heavy atom. The van der Waals surface area contributed by atoms with E-state index in [0.717, 1.165) is 5.58 Å². The number of hydrogen-bond acceptors (Lipinski definition) is 1. The van der Waals surface area contributed by atoms with Crippen molar-refractivity contribution >= 4 is 33.6 Å². The van der Waals surface area contributed by atoms with Gasteiger partial charge in [0.25, 0.3) is 0 Å². The maximum Gasteiger partial charge on any atom is 0.134 e. The summed E-state index contributed by atoms with van der Waals surface area (Å²) in [6, 6.07) is 6.20. The first kappa shape index (κ1) is 7.16. The number of benzene rings is 1. The minimum absolute atomic E-state index is 0.972. The molecular formula is C9H7IO. The summed E-state index contributed by atoms with van der Waals surface area (Å²) >= 11 is 2.28. The van der Waals surface area contributed by atoms with Gasteiger partial charge in [0.1, 0.15) is 11.8 Å². The van der Waals surface area contributed by atoms with Gasteiger partial charge in [-0.25, -0.2) is 0 Å². The van der Waals surface area contributed by atoms with Gasteiger partial charge in [0.15, 0.2) is 0 Å². The zero-order valence-corrected chi connectivity index (χ0v) is 8.25. The summed E-state index contributed by atoms with van der Waals surface area (Å²) in [5, 5.41) is 1.21. The highest BCUT2D eigenvalue weighted by Crippen LogP contribution is 2.23. The van der Waals surface area contributed by atoms with E-state index in [4.69, 9.17) is 4.42 Å². The molecule has 1 heterocycles. The third kappa shape index (κ3) is 1.15. The summed E-state index contributed by atoms with van der Waals surface area (Å²) in [5.74, 6) is 0. The third-order valence-corrected chi connectivity index (χ3v) is 2.52. The maximum absolute atomic E-state index is 5.30. The van der Waals surface area contributed by atoms with E-state index < -0.39 is 0 Å². The van der Waals surface area contributed by atoms with Crippen LogP contribution >= 0.6 is 22.6 Å². The largest absolute Gasteiger partial charge is 0.463 e. The quantitative estimate of drug-likeness (QED) is 0.660. The lowest BCUT2D eigenvalue weighted by molar-refractivity contribution is 0.613. The molecule has 0 fully saturated rings. The van der Waals surface area contributed by atoms with Crippen LogP contribution in [0.2, 0.25) is 0 Å². The summed E-state index contributed by atoms with van der Waals surface area (Å²) in [4.78, 5) is 0. The molecule has 0 aliphatic heterocycles. The Morgan fingerprint density at radius 1 is 1.36 bits per heavy atom. The van der Waals surface area contributed by atoms with E-state index in [2.05, 4.69) is 41.6 Å². The van der Waals surface area contributed by atoms with Crippen LogP contribution in [-0.2, 0) is 0 Å². The van der Waals surface area contributed by atoms with Gasteiger partial charge in [0.2, 0.25) is 0 Å². The molecule has 0 N–H and O–H groups in total. The first-order valence-electron chi connectivity index (χ1n) is 3.41. The second-order valence-electron chi connectivity index (χ2n) is 2.58. The molecule has 0 spiro atoms. The number of furan rings is 1. The minimum Gasteiger partial charge on any atom is -0.463 e. The topological polar surface area (TPSA) is 13.1 Å². The van der Waals surface area contributed by atoms with Gasteiger partial charge < -0.3 is 4.42 Å². The van der Waals surface area contributed by atoms with Crippen LogP contribution in [0.5, 0.6) is 0 Å². The molecule has 56 valence electrons. The highest BCUT2D eigenvalue weighted by molar-refractivity contribution is 14.1. The zero-order valence-electron chi connectivity index (χ0n) is 6.10. The molecular weight excluding hydrogens is 251 g/mol. The molecule has 1 nitrogen and oxygen atoms in total. The minimum atomic E-state index is 0.972. The lowest BCUT2D eigenvalue weighted by Crippen LogP contribution is -1.70. The summed E-state index contributed by atoms with van der Waals surface area (Å²) in [6.45, 7) is 2.09. The van der Waals surface area contributed by atoms with Crippen molar-refractivity contribution in [2.24, 2.45) is 0 Å². The van der Waals surface area contributed by atoms with Gasteiger partial charge in [-0.15, -0.1) is 0 Å². The predicted molar refractivity (Wildman–Crippen MR) is 53.7 cm³/mol. The van der Waals surface area contributed by atoms with Crippen molar-refractivity contribution in [2.75, 3.05) is 0 Å².